The molecule has 0 bridgehead atoms. The average Bonchev–Trinajstić information content (AvgIpc) is 2.17. The first kappa shape index (κ1) is 12.9. The molecule has 0 spiro atoms. The summed E-state index contributed by atoms with van der Waals surface area (Å²) in [6, 6.07) is 0.332. The molecule has 3 nitrogen and oxygen atoms in total. The molecule has 0 aliphatic heterocycles. The fraction of sp³-hybridized carbons (Fsp3) is 1.00. The lowest BCUT2D eigenvalue weighted by Gasteiger charge is -2.22. The minimum Gasteiger partial charge on any atom is -0.330 e. The molecular formula is C10H25N3. The lowest BCUT2D eigenvalue weighted by Crippen LogP contribution is -2.30. The fourth-order valence-electron chi connectivity index (χ4n) is 1.67. The van der Waals surface area contributed by atoms with E-state index in [9.17, 15) is 0 Å². The first-order chi connectivity index (χ1) is 6.26. The van der Waals surface area contributed by atoms with Gasteiger partial charge in [-0.3, -0.25) is 0 Å². The van der Waals surface area contributed by atoms with Crippen LogP contribution in [0.5, 0.6) is 0 Å². The Hall–Kier alpha value is -0.120. The fourth-order valence-corrected chi connectivity index (χ4v) is 1.67. The van der Waals surface area contributed by atoms with Crippen LogP contribution < -0.4 is 17.2 Å². The highest BCUT2D eigenvalue weighted by atomic mass is 14.6. The third-order valence-electron chi connectivity index (χ3n) is 2.63. The van der Waals surface area contributed by atoms with E-state index in [0.29, 0.717) is 12.0 Å². The maximum atomic E-state index is 6.02. The van der Waals surface area contributed by atoms with Crippen LogP contribution in [0, 0.1) is 5.92 Å². The molecule has 6 N–H and O–H groups in total. The van der Waals surface area contributed by atoms with Crippen molar-refractivity contribution in [2.24, 2.45) is 23.1 Å². The van der Waals surface area contributed by atoms with Gasteiger partial charge in [0.2, 0.25) is 0 Å². The van der Waals surface area contributed by atoms with Gasteiger partial charge in [0.05, 0.1) is 0 Å². The summed E-state index contributed by atoms with van der Waals surface area (Å²) >= 11 is 0. The molecular weight excluding hydrogens is 162 g/mol. The first-order valence-corrected chi connectivity index (χ1v) is 5.42. The van der Waals surface area contributed by atoms with Crippen LogP contribution in [0.25, 0.3) is 0 Å². The van der Waals surface area contributed by atoms with Gasteiger partial charge in [0.25, 0.3) is 0 Å². The van der Waals surface area contributed by atoms with Crippen molar-refractivity contribution in [3.63, 3.8) is 0 Å². The van der Waals surface area contributed by atoms with Crippen molar-refractivity contribution in [3.05, 3.63) is 0 Å². The highest BCUT2D eigenvalue weighted by molar-refractivity contribution is 4.72. The molecule has 0 aromatic heterocycles. The maximum absolute atomic E-state index is 6.02. The Bertz CT molecular complexity index is 98.3. The minimum absolute atomic E-state index is 0.332. The van der Waals surface area contributed by atoms with Crippen molar-refractivity contribution in [1.82, 2.24) is 0 Å². The molecule has 0 aliphatic carbocycles. The summed E-state index contributed by atoms with van der Waals surface area (Å²) < 4.78 is 0. The van der Waals surface area contributed by atoms with Gasteiger partial charge >= 0.3 is 0 Å². The zero-order chi connectivity index (χ0) is 10.1. The van der Waals surface area contributed by atoms with E-state index in [1.165, 1.54) is 0 Å². The van der Waals surface area contributed by atoms with Crippen LogP contribution in [0.4, 0.5) is 0 Å². The molecule has 0 aromatic rings. The van der Waals surface area contributed by atoms with Crippen molar-refractivity contribution in [1.29, 1.82) is 0 Å². The van der Waals surface area contributed by atoms with Gasteiger partial charge in [-0.05, 0) is 51.1 Å². The number of nitrogens with two attached hydrogens (primary N) is 3. The SMILES string of the molecule is CCC(N)C(CCCN)CCCN. The summed E-state index contributed by atoms with van der Waals surface area (Å²) in [5.74, 6) is 0.622. The van der Waals surface area contributed by atoms with E-state index >= 15 is 0 Å². The van der Waals surface area contributed by atoms with E-state index in [4.69, 9.17) is 17.2 Å². The standard InChI is InChI=1S/C10H25N3/c1-2-10(13)9(5-3-7-11)6-4-8-12/h9-10H,2-8,11-13H2,1H3. The Kier molecular flexibility index (Phi) is 8.40. The summed E-state index contributed by atoms with van der Waals surface area (Å²) in [5, 5.41) is 0. The maximum Gasteiger partial charge on any atom is 0.00645 e. The van der Waals surface area contributed by atoms with E-state index in [0.717, 1.165) is 45.2 Å². The molecule has 0 radical (unpaired) electrons. The van der Waals surface area contributed by atoms with Crippen LogP contribution in [-0.4, -0.2) is 19.1 Å². The molecule has 0 aromatic carbocycles. The molecule has 0 rings (SSSR count). The second kappa shape index (κ2) is 8.48. The van der Waals surface area contributed by atoms with Crippen LogP contribution in [0.1, 0.15) is 39.0 Å². The van der Waals surface area contributed by atoms with Crippen LogP contribution in [0.2, 0.25) is 0 Å². The van der Waals surface area contributed by atoms with Crippen molar-refractivity contribution < 1.29 is 0 Å². The lowest BCUT2D eigenvalue weighted by molar-refractivity contribution is 0.348. The van der Waals surface area contributed by atoms with Gasteiger partial charge in [0.1, 0.15) is 0 Å². The Morgan fingerprint density at radius 1 is 1.00 bits per heavy atom. The normalized spacial score (nSPS) is 13.6. The molecule has 3 heteroatoms. The minimum atomic E-state index is 0.332. The van der Waals surface area contributed by atoms with Crippen molar-refractivity contribution in [2.45, 2.75) is 45.1 Å². The third-order valence-corrected chi connectivity index (χ3v) is 2.63. The van der Waals surface area contributed by atoms with Crippen LogP contribution >= 0.6 is 0 Å². The van der Waals surface area contributed by atoms with Gasteiger partial charge in [-0.1, -0.05) is 6.92 Å². The van der Waals surface area contributed by atoms with E-state index in [1.807, 2.05) is 0 Å². The Labute approximate surface area is 82.0 Å². The van der Waals surface area contributed by atoms with E-state index in [1.54, 1.807) is 0 Å². The lowest BCUT2D eigenvalue weighted by atomic mass is 9.89. The number of rotatable bonds is 8. The smallest absolute Gasteiger partial charge is 0.00645 e. The second-order valence-electron chi connectivity index (χ2n) is 3.69. The van der Waals surface area contributed by atoms with E-state index < -0.39 is 0 Å². The molecule has 0 amide bonds. The van der Waals surface area contributed by atoms with Gasteiger partial charge in [0.15, 0.2) is 0 Å². The molecule has 0 aliphatic rings. The molecule has 0 fully saturated rings. The summed E-state index contributed by atoms with van der Waals surface area (Å²) in [6.07, 6.45) is 5.54. The highest BCUT2D eigenvalue weighted by Gasteiger charge is 2.14. The molecule has 80 valence electrons. The van der Waals surface area contributed by atoms with Crippen molar-refractivity contribution in [3.8, 4) is 0 Å². The molecule has 0 saturated carbocycles. The van der Waals surface area contributed by atoms with Crippen LogP contribution in [0.15, 0.2) is 0 Å². The first-order valence-electron chi connectivity index (χ1n) is 5.42. The summed E-state index contributed by atoms with van der Waals surface area (Å²) in [6.45, 7) is 3.69. The van der Waals surface area contributed by atoms with Gasteiger partial charge < -0.3 is 17.2 Å². The second-order valence-corrected chi connectivity index (χ2v) is 3.69. The summed E-state index contributed by atoms with van der Waals surface area (Å²) in [4.78, 5) is 0. The molecule has 0 saturated heterocycles. The quantitative estimate of drug-likeness (QED) is 0.526. The van der Waals surface area contributed by atoms with Crippen molar-refractivity contribution in [2.75, 3.05) is 13.1 Å². The molecule has 13 heavy (non-hydrogen) atoms. The topological polar surface area (TPSA) is 78.1 Å². The summed E-state index contributed by atoms with van der Waals surface area (Å²) in [5.41, 5.74) is 17.0. The number of hydrogen-bond acceptors (Lipinski definition) is 3. The Balaban J connectivity index is 3.72. The van der Waals surface area contributed by atoms with Gasteiger partial charge in [-0.2, -0.15) is 0 Å². The zero-order valence-corrected chi connectivity index (χ0v) is 8.84. The van der Waals surface area contributed by atoms with Gasteiger partial charge in [-0.25, -0.2) is 0 Å². The highest BCUT2D eigenvalue weighted by Crippen LogP contribution is 2.17. The van der Waals surface area contributed by atoms with Gasteiger partial charge in [-0.15, -0.1) is 0 Å². The summed E-state index contributed by atoms with van der Waals surface area (Å²) in [7, 11) is 0. The Morgan fingerprint density at radius 3 is 1.77 bits per heavy atom. The largest absolute Gasteiger partial charge is 0.330 e. The number of hydrogen-bond donors (Lipinski definition) is 3. The molecule has 1 unspecified atom stereocenters. The predicted molar refractivity (Wildman–Crippen MR) is 58.3 cm³/mol. The molecule has 0 heterocycles. The van der Waals surface area contributed by atoms with Gasteiger partial charge in [0, 0.05) is 6.04 Å². The predicted octanol–water partition coefficient (Wildman–Crippen LogP) is 0.818. The van der Waals surface area contributed by atoms with Crippen molar-refractivity contribution >= 4 is 0 Å². The molecule has 1 atom stereocenters. The third kappa shape index (κ3) is 6.02. The zero-order valence-electron chi connectivity index (χ0n) is 8.84. The van der Waals surface area contributed by atoms with E-state index in [-0.39, 0.29) is 0 Å². The van der Waals surface area contributed by atoms with E-state index in [2.05, 4.69) is 6.92 Å². The van der Waals surface area contributed by atoms with Crippen LogP contribution in [-0.2, 0) is 0 Å². The Morgan fingerprint density at radius 2 is 1.46 bits per heavy atom. The average molecular weight is 187 g/mol. The van der Waals surface area contributed by atoms with Crippen LogP contribution in [0.3, 0.4) is 0 Å². The monoisotopic (exact) mass is 187 g/mol.